The fourth-order valence-corrected chi connectivity index (χ4v) is 4.48. The molecule has 2 aliphatic rings. The van der Waals surface area contributed by atoms with Gasteiger partial charge in [-0.05, 0) is 41.0 Å². The normalized spacial score (nSPS) is 19.4. The molecule has 0 saturated carbocycles. The van der Waals surface area contributed by atoms with Crippen LogP contribution in [0.5, 0.6) is 0 Å². The largest absolute Gasteiger partial charge is 0.228 e. The summed E-state index contributed by atoms with van der Waals surface area (Å²) in [4.78, 5) is 10.0. The first kappa shape index (κ1) is 21.1. The number of benzene rings is 3. The number of nitrogens with zero attached hydrogens (tertiary/aromatic N) is 2. The topological polar surface area (TPSA) is 25.8 Å². The Balaban J connectivity index is 1.50. The number of aryl methyl sites for hydroxylation is 1. The highest BCUT2D eigenvalue weighted by Gasteiger charge is 2.14. The molecule has 1 heterocycles. The lowest BCUT2D eigenvalue weighted by molar-refractivity contribution is 1.03. The summed E-state index contributed by atoms with van der Waals surface area (Å²) in [5.41, 5.74) is 7.46. The van der Waals surface area contributed by atoms with Crippen LogP contribution in [0, 0.1) is 24.7 Å². The van der Waals surface area contributed by atoms with Crippen LogP contribution in [0.15, 0.2) is 115 Å². The summed E-state index contributed by atoms with van der Waals surface area (Å²) in [6.45, 7) is 2.10. The van der Waals surface area contributed by atoms with Crippen LogP contribution in [-0.2, 0) is 0 Å². The highest BCUT2D eigenvalue weighted by Crippen LogP contribution is 2.30. The number of rotatable bonds is 3. The Labute approximate surface area is 206 Å². The molecule has 0 N–H and O–H groups in total. The van der Waals surface area contributed by atoms with Gasteiger partial charge in [-0.1, -0.05) is 115 Å². The van der Waals surface area contributed by atoms with Gasteiger partial charge >= 0.3 is 0 Å². The van der Waals surface area contributed by atoms with E-state index in [4.69, 9.17) is 9.97 Å². The third kappa shape index (κ3) is 4.37. The summed E-state index contributed by atoms with van der Waals surface area (Å²) < 4.78 is 0. The Kier molecular flexibility index (Phi) is 5.45. The van der Waals surface area contributed by atoms with Crippen LogP contribution >= 0.6 is 0 Å². The fourth-order valence-electron chi connectivity index (χ4n) is 4.48. The van der Waals surface area contributed by atoms with Crippen LogP contribution in [0.3, 0.4) is 0 Å². The molecule has 6 rings (SSSR count). The van der Waals surface area contributed by atoms with E-state index in [1.807, 2.05) is 0 Å². The van der Waals surface area contributed by atoms with Crippen LogP contribution in [0.25, 0.3) is 39.0 Å². The van der Waals surface area contributed by atoms with Crippen molar-refractivity contribution in [3.63, 3.8) is 0 Å². The Morgan fingerprint density at radius 1 is 0.771 bits per heavy atom. The minimum atomic E-state index is 0.166. The van der Waals surface area contributed by atoms with Gasteiger partial charge in [-0.3, -0.25) is 0 Å². The second kappa shape index (κ2) is 9.05. The van der Waals surface area contributed by atoms with Crippen molar-refractivity contribution in [1.82, 2.24) is 9.97 Å². The molecule has 0 amide bonds. The Hall–Kier alpha value is -4.48. The van der Waals surface area contributed by atoms with Crippen molar-refractivity contribution in [2.75, 3.05) is 0 Å². The number of hydrogen-bond donors (Lipinski definition) is 0. The summed E-state index contributed by atoms with van der Waals surface area (Å²) >= 11 is 0. The first-order chi connectivity index (χ1) is 17.2. The molecule has 0 aliphatic heterocycles. The average molecular weight is 449 g/mol. The van der Waals surface area contributed by atoms with Crippen molar-refractivity contribution < 1.29 is 0 Å². The lowest BCUT2D eigenvalue weighted by Crippen LogP contribution is -2.02. The van der Waals surface area contributed by atoms with E-state index in [0.29, 0.717) is 6.42 Å². The SMILES string of the molecule is Cc1ccc(-c2cc(/C3=C/C=C4/C=CC=CC4C#CC3)nc(-c3ccc4ccccc4c3)n2)cc1. The Morgan fingerprint density at radius 2 is 1.57 bits per heavy atom. The zero-order valence-corrected chi connectivity index (χ0v) is 19.6. The lowest BCUT2D eigenvalue weighted by atomic mass is 9.92. The van der Waals surface area contributed by atoms with Crippen molar-refractivity contribution in [3.05, 3.63) is 126 Å². The van der Waals surface area contributed by atoms with Crippen LogP contribution in [-0.4, -0.2) is 9.97 Å². The smallest absolute Gasteiger partial charge is 0.160 e. The highest BCUT2D eigenvalue weighted by atomic mass is 14.9. The van der Waals surface area contributed by atoms with E-state index in [9.17, 15) is 0 Å². The quantitative estimate of drug-likeness (QED) is 0.300. The van der Waals surface area contributed by atoms with Crippen LogP contribution in [0.2, 0.25) is 0 Å². The van der Waals surface area contributed by atoms with Crippen molar-refractivity contribution in [2.45, 2.75) is 13.3 Å². The van der Waals surface area contributed by atoms with Gasteiger partial charge in [0, 0.05) is 17.5 Å². The molecule has 0 bridgehead atoms. The molecule has 0 saturated heterocycles. The van der Waals surface area contributed by atoms with Gasteiger partial charge in [-0.2, -0.15) is 0 Å². The summed E-state index contributed by atoms with van der Waals surface area (Å²) in [5.74, 6) is 7.68. The zero-order valence-electron chi connectivity index (χ0n) is 19.6. The van der Waals surface area contributed by atoms with Crippen molar-refractivity contribution in [3.8, 4) is 34.5 Å². The van der Waals surface area contributed by atoms with Gasteiger partial charge in [0.2, 0.25) is 0 Å². The van der Waals surface area contributed by atoms with E-state index >= 15 is 0 Å². The molecular formula is C33H24N2. The molecule has 2 nitrogen and oxygen atoms in total. The number of fused-ring (bicyclic) bond motifs is 2. The molecule has 1 unspecified atom stereocenters. The van der Waals surface area contributed by atoms with Crippen LogP contribution in [0.1, 0.15) is 17.7 Å². The van der Waals surface area contributed by atoms with Gasteiger partial charge < -0.3 is 0 Å². The zero-order chi connectivity index (χ0) is 23.6. The second-order valence-corrected chi connectivity index (χ2v) is 8.97. The average Bonchev–Trinajstić information content (AvgIpc) is 2.89. The molecule has 3 aromatic carbocycles. The number of hydrogen-bond acceptors (Lipinski definition) is 2. The van der Waals surface area contributed by atoms with Gasteiger partial charge in [-0.25, -0.2) is 9.97 Å². The number of aromatic nitrogens is 2. The summed E-state index contributed by atoms with van der Waals surface area (Å²) in [5, 5.41) is 2.39. The third-order valence-corrected chi connectivity index (χ3v) is 6.49. The molecule has 35 heavy (non-hydrogen) atoms. The lowest BCUT2D eigenvalue weighted by Gasteiger charge is -2.14. The molecular weight excluding hydrogens is 424 g/mol. The highest BCUT2D eigenvalue weighted by molar-refractivity contribution is 5.86. The summed E-state index contributed by atoms with van der Waals surface area (Å²) in [7, 11) is 0. The summed E-state index contributed by atoms with van der Waals surface area (Å²) in [6, 6.07) is 25.4. The van der Waals surface area contributed by atoms with Gasteiger partial charge in [0.05, 0.1) is 17.3 Å². The molecule has 166 valence electrons. The number of allylic oxidation sites excluding steroid dienone is 8. The third-order valence-electron chi connectivity index (χ3n) is 6.49. The van der Waals surface area contributed by atoms with E-state index in [1.54, 1.807) is 0 Å². The Bertz CT molecular complexity index is 1620. The standard InChI is InChI=1S/C33H24N2/c1-23-13-15-28(16-14-23)32-22-31(27-12-6-11-24-7-2-3-8-25(24)17-19-27)34-33(35-32)30-20-18-26-9-4-5-10-29(26)21-30/h2-5,7-10,13-22,24H,12H2,1H3/b25-17-,27-19+. The first-order valence-corrected chi connectivity index (χ1v) is 11.9. The van der Waals surface area contributed by atoms with Crippen molar-refractivity contribution in [1.29, 1.82) is 0 Å². The molecule has 4 aromatic rings. The van der Waals surface area contributed by atoms with E-state index < -0.39 is 0 Å². The van der Waals surface area contributed by atoms with E-state index in [0.717, 1.165) is 33.9 Å². The van der Waals surface area contributed by atoms with Crippen molar-refractivity contribution >= 4 is 16.3 Å². The van der Waals surface area contributed by atoms with Gasteiger partial charge in [0.15, 0.2) is 5.82 Å². The van der Waals surface area contributed by atoms with E-state index in [2.05, 4.69) is 128 Å². The maximum absolute atomic E-state index is 5.05. The second-order valence-electron chi connectivity index (χ2n) is 8.97. The predicted molar refractivity (Wildman–Crippen MR) is 145 cm³/mol. The van der Waals surface area contributed by atoms with Crippen molar-refractivity contribution in [2.24, 2.45) is 5.92 Å². The molecule has 0 fully saturated rings. The van der Waals surface area contributed by atoms with E-state index in [-0.39, 0.29) is 5.92 Å². The van der Waals surface area contributed by atoms with Crippen LogP contribution < -0.4 is 0 Å². The minimum absolute atomic E-state index is 0.166. The maximum Gasteiger partial charge on any atom is 0.160 e. The van der Waals surface area contributed by atoms with Gasteiger partial charge in [0.1, 0.15) is 0 Å². The van der Waals surface area contributed by atoms with Gasteiger partial charge in [0.25, 0.3) is 0 Å². The first-order valence-electron chi connectivity index (χ1n) is 11.9. The maximum atomic E-state index is 5.05. The predicted octanol–water partition coefficient (Wildman–Crippen LogP) is 7.73. The summed E-state index contributed by atoms with van der Waals surface area (Å²) in [6.07, 6.45) is 13.4. The van der Waals surface area contributed by atoms with Crippen LogP contribution in [0.4, 0.5) is 0 Å². The Morgan fingerprint density at radius 3 is 2.46 bits per heavy atom. The molecule has 2 aliphatic carbocycles. The molecule has 1 aromatic heterocycles. The molecule has 1 atom stereocenters. The van der Waals surface area contributed by atoms with Gasteiger partial charge in [-0.15, -0.1) is 0 Å². The van der Waals surface area contributed by atoms with E-state index in [1.165, 1.54) is 21.9 Å². The molecule has 0 spiro atoms. The monoisotopic (exact) mass is 448 g/mol. The minimum Gasteiger partial charge on any atom is -0.228 e. The molecule has 0 radical (unpaired) electrons. The fraction of sp³-hybridized carbons (Fsp3) is 0.0909. The molecule has 2 heteroatoms.